The quantitative estimate of drug-likeness (QED) is 0.821. The monoisotopic (exact) mass is 302 g/mol. The van der Waals surface area contributed by atoms with Gasteiger partial charge in [-0.2, -0.15) is 0 Å². The number of nitrogens with zero attached hydrogens (tertiary/aromatic N) is 2. The maximum absolute atomic E-state index is 12.2. The lowest BCUT2D eigenvalue weighted by Crippen LogP contribution is -2.61. The average molecular weight is 302 g/mol. The number of aryl methyl sites for hydroxylation is 1. The Balaban J connectivity index is 1.24. The van der Waals surface area contributed by atoms with E-state index in [-0.39, 0.29) is 11.6 Å². The number of nitrogens with one attached hydrogen (secondary N) is 2. The Bertz CT molecular complexity index is 489. The summed E-state index contributed by atoms with van der Waals surface area (Å²) < 4.78 is 2.04. The first-order valence-electron chi connectivity index (χ1n) is 8.72. The molecule has 0 aliphatic heterocycles. The summed E-state index contributed by atoms with van der Waals surface area (Å²) in [6.07, 6.45) is 14.3. The number of carbonyl (C=O) groups excluding carboxylic acids is 1. The Morgan fingerprint density at radius 1 is 1.18 bits per heavy atom. The van der Waals surface area contributed by atoms with Crippen LogP contribution in [0.4, 0.5) is 4.79 Å². The van der Waals surface area contributed by atoms with Gasteiger partial charge in [-0.1, -0.05) is 0 Å². The first-order valence-corrected chi connectivity index (χ1v) is 8.72. The van der Waals surface area contributed by atoms with Gasteiger partial charge in [0.15, 0.2) is 0 Å². The highest BCUT2D eigenvalue weighted by Gasteiger charge is 2.51. The Morgan fingerprint density at radius 3 is 2.45 bits per heavy atom. The number of carbonyl (C=O) groups is 1. The highest BCUT2D eigenvalue weighted by atomic mass is 16.2. The standard InChI is InChI=1S/C17H26N4O/c22-16(19-2-1-4-21-5-3-18-12-21)20-17-9-13-6-14(10-17)8-15(7-13)11-17/h3,5,12-15H,1-2,4,6-11H2,(H2,19,20,22). The van der Waals surface area contributed by atoms with E-state index in [1.165, 1.54) is 38.5 Å². The topological polar surface area (TPSA) is 59.0 Å². The predicted molar refractivity (Wildman–Crippen MR) is 84.3 cm³/mol. The van der Waals surface area contributed by atoms with Crippen molar-refractivity contribution in [2.24, 2.45) is 17.8 Å². The molecule has 5 nitrogen and oxygen atoms in total. The van der Waals surface area contributed by atoms with E-state index in [9.17, 15) is 4.79 Å². The maximum Gasteiger partial charge on any atom is 0.315 e. The first-order chi connectivity index (χ1) is 10.7. The molecule has 2 N–H and O–H groups in total. The van der Waals surface area contributed by atoms with Crippen molar-refractivity contribution in [3.63, 3.8) is 0 Å². The Morgan fingerprint density at radius 2 is 1.86 bits per heavy atom. The molecule has 0 unspecified atom stereocenters. The lowest BCUT2D eigenvalue weighted by atomic mass is 9.53. The smallest absolute Gasteiger partial charge is 0.315 e. The largest absolute Gasteiger partial charge is 0.338 e. The molecule has 0 atom stereocenters. The molecule has 4 bridgehead atoms. The van der Waals surface area contributed by atoms with Gasteiger partial charge in [0, 0.05) is 31.0 Å². The summed E-state index contributed by atoms with van der Waals surface area (Å²) in [7, 11) is 0. The lowest BCUT2D eigenvalue weighted by molar-refractivity contribution is -0.0135. The number of hydrogen-bond acceptors (Lipinski definition) is 2. The second-order valence-electron chi connectivity index (χ2n) is 7.73. The zero-order valence-electron chi connectivity index (χ0n) is 13.1. The van der Waals surface area contributed by atoms with E-state index in [0.29, 0.717) is 0 Å². The summed E-state index contributed by atoms with van der Waals surface area (Å²) in [6, 6.07) is 0.0348. The molecule has 4 aliphatic rings. The molecule has 5 rings (SSSR count). The Labute approximate surface area is 131 Å². The van der Waals surface area contributed by atoms with E-state index < -0.39 is 0 Å². The van der Waals surface area contributed by atoms with Gasteiger partial charge < -0.3 is 15.2 Å². The molecule has 0 aromatic carbocycles. The summed E-state index contributed by atoms with van der Waals surface area (Å²) in [5.41, 5.74) is 0.114. The molecule has 2 amide bonds. The third-order valence-corrected chi connectivity index (χ3v) is 5.85. The summed E-state index contributed by atoms with van der Waals surface area (Å²) >= 11 is 0. The fraction of sp³-hybridized carbons (Fsp3) is 0.765. The van der Waals surface area contributed by atoms with E-state index in [0.717, 1.165) is 37.3 Å². The zero-order chi connectivity index (χ0) is 15.0. The van der Waals surface area contributed by atoms with Crippen LogP contribution in [0.2, 0.25) is 0 Å². The minimum Gasteiger partial charge on any atom is -0.338 e. The SMILES string of the molecule is O=C(NCCCn1ccnc1)NC12CC3CC(CC(C3)C1)C2. The van der Waals surface area contributed by atoms with E-state index in [2.05, 4.69) is 15.6 Å². The van der Waals surface area contributed by atoms with Crippen LogP contribution in [0.15, 0.2) is 18.7 Å². The van der Waals surface area contributed by atoms with Crippen molar-refractivity contribution in [3.05, 3.63) is 18.7 Å². The molecular weight excluding hydrogens is 276 g/mol. The van der Waals surface area contributed by atoms with E-state index in [4.69, 9.17) is 0 Å². The van der Waals surface area contributed by atoms with Gasteiger partial charge in [-0.15, -0.1) is 0 Å². The molecule has 22 heavy (non-hydrogen) atoms. The van der Waals surface area contributed by atoms with Gasteiger partial charge in [0.2, 0.25) is 0 Å². The summed E-state index contributed by atoms with van der Waals surface area (Å²) in [6.45, 7) is 1.62. The molecule has 0 spiro atoms. The molecule has 0 saturated heterocycles. The van der Waals surface area contributed by atoms with E-state index >= 15 is 0 Å². The fourth-order valence-electron chi connectivity index (χ4n) is 5.43. The van der Waals surface area contributed by atoms with Gasteiger partial charge in [-0.3, -0.25) is 0 Å². The van der Waals surface area contributed by atoms with Crippen molar-refractivity contribution in [1.82, 2.24) is 20.2 Å². The van der Waals surface area contributed by atoms with E-state index in [1.807, 2.05) is 17.1 Å². The number of hydrogen-bond donors (Lipinski definition) is 2. The summed E-state index contributed by atoms with van der Waals surface area (Å²) in [5.74, 6) is 2.60. The molecule has 0 radical (unpaired) electrons. The highest BCUT2D eigenvalue weighted by Crippen LogP contribution is 2.55. The summed E-state index contributed by atoms with van der Waals surface area (Å²) in [5, 5.41) is 6.39. The van der Waals surface area contributed by atoms with E-state index in [1.54, 1.807) is 6.20 Å². The maximum atomic E-state index is 12.2. The fourth-order valence-corrected chi connectivity index (χ4v) is 5.43. The molecule has 4 fully saturated rings. The van der Waals surface area contributed by atoms with Gasteiger partial charge in [-0.05, 0) is 62.7 Å². The number of imidazole rings is 1. The van der Waals surface area contributed by atoms with Crippen LogP contribution in [0.5, 0.6) is 0 Å². The first kappa shape index (κ1) is 14.1. The Kier molecular flexibility index (Phi) is 3.59. The van der Waals surface area contributed by atoms with Gasteiger partial charge in [0.05, 0.1) is 6.33 Å². The summed E-state index contributed by atoms with van der Waals surface area (Å²) in [4.78, 5) is 16.3. The van der Waals surface area contributed by atoms with Crippen LogP contribution in [-0.4, -0.2) is 27.7 Å². The molecular formula is C17H26N4O. The van der Waals surface area contributed by atoms with Crippen LogP contribution in [0.25, 0.3) is 0 Å². The second-order valence-corrected chi connectivity index (χ2v) is 7.73. The molecule has 4 aliphatic carbocycles. The number of urea groups is 1. The number of aromatic nitrogens is 2. The Hall–Kier alpha value is -1.52. The molecule has 120 valence electrons. The van der Waals surface area contributed by atoms with Gasteiger partial charge in [0.25, 0.3) is 0 Å². The third-order valence-electron chi connectivity index (χ3n) is 5.85. The zero-order valence-corrected chi connectivity index (χ0v) is 13.1. The van der Waals surface area contributed by atoms with Crippen molar-refractivity contribution in [2.75, 3.05) is 6.54 Å². The average Bonchev–Trinajstić information content (AvgIpc) is 2.94. The van der Waals surface area contributed by atoms with Crippen molar-refractivity contribution >= 4 is 6.03 Å². The highest BCUT2D eigenvalue weighted by molar-refractivity contribution is 5.74. The molecule has 1 heterocycles. The molecule has 4 saturated carbocycles. The van der Waals surface area contributed by atoms with Crippen molar-refractivity contribution < 1.29 is 4.79 Å². The van der Waals surface area contributed by atoms with Crippen molar-refractivity contribution in [3.8, 4) is 0 Å². The van der Waals surface area contributed by atoms with Gasteiger partial charge in [-0.25, -0.2) is 9.78 Å². The van der Waals surface area contributed by atoms with Crippen LogP contribution in [-0.2, 0) is 6.54 Å². The normalized spacial score (nSPS) is 35.5. The molecule has 5 heteroatoms. The van der Waals surface area contributed by atoms with Crippen molar-refractivity contribution in [1.29, 1.82) is 0 Å². The third kappa shape index (κ3) is 2.85. The van der Waals surface area contributed by atoms with Crippen LogP contribution in [0.3, 0.4) is 0 Å². The predicted octanol–water partition coefficient (Wildman–Crippen LogP) is 2.54. The minimum atomic E-state index is 0.0348. The van der Waals surface area contributed by atoms with Crippen LogP contribution < -0.4 is 10.6 Å². The van der Waals surface area contributed by atoms with Crippen LogP contribution in [0.1, 0.15) is 44.9 Å². The van der Waals surface area contributed by atoms with Crippen molar-refractivity contribution in [2.45, 2.75) is 57.0 Å². The number of amides is 2. The molecule has 1 aromatic heterocycles. The van der Waals surface area contributed by atoms with Gasteiger partial charge >= 0.3 is 6.03 Å². The molecule has 1 aromatic rings. The minimum absolute atomic E-state index is 0.0348. The number of rotatable bonds is 5. The lowest BCUT2D eigenvalue weighted by Gasteiger charge is -2.56. The van der Waals surface area contributed by atoms with Crippen LogP contribution >= 0.6 is 0 Å². The van der Waals surface area contributed by atoms with Gasteiger partial charge in [0.1, 0.15) is 0 Å². The second kappa shape index (κ2) is 5.60. The van der Waals surface area contributed by atoms with Crippen LogP contribution in [0, 0.1) is 17.8 Å².